The van der Waals surface area contributed by atoms with Gasteiger partial charge in [0.05, 0.1) is 5.92 Å². The number of rotatable bonds is 6. The predicted octanol–water partition coefficient (Wildman–Crippen LogP) is 3.22. The van der Waals surface area contributed by atoms with E-state index in [1.807, 2.05) is 24.3 Å². The van der Waals surface area contributed by atoms with Gasteiger partial charge in [0.25, 0.3) is 0 Å². The van der Waals surface area contributed by atoms with Gasteiger partial charge in [-0.3, -0.25) is 4.79 Å². The third-order valence-corrected chi connectivity index (χ3v) is 4.46. The zero-order valence-corrected chi connectivity index (χ0v) is 13.8. The summed E-state index contributed by atoms with van der Waals surface area (Å²) in [5.41, 5.74) is 1.16. The van der Waals surface area contributed by atoms with Crippen LogP contribution in [0.5, 0.6) is 0 Å². The zero-order valence-electron chi connectivity index (χ0n) is 13.1. The molecule has 0 bridgehead atoms. The van der Waals surface area contributed by atoms with E-state index >= 15 is 0 Å². The third-order valence-electron chi connectivity index (χ3n) is 4.23. The summed E-state index contributed by atoms with van der Waals surface area (Å²) in [6, 6.07) is 7.63. The molecule has 23 heavy (non-hydrogen) atoms. The van der Waals surface area contributed by atoms with Gasteiger partial charge in [-0.2, -0.15) is 0 Å². The van der Waals surface area contributed by atoms with E-state index < -0.39 is 5.97 Å². The van der Waals surface area contributed by atoms with Gasteiger partial charge >= 0.3 is 12.0 Å². The van der Waals surface area contributed by atoms with Crippen LogP contribution in [-0.4, -0.2) is 29.7 Å². The summed E-state index contributed by atoms with van der Waals surface area (Å²) >= 11 is 5.93. The van der Waals surface area contributed by atoms with E-state index in [0.29, 0.717) is 19.4 Å². The van der Waals surface area contributed by atoms with Gasteiger partial charge in [0.15, 0.2) is 0 Å². The highest BCUT2D eigenvalue weighted by Crippen LogP contribution is 2.24. The summed E-state index contributed by atoms with van der Waals surface area (Å²) in [6.45, 7) is 0.600. The molecule has 2 rings (SSSR count). The Balaban J connectivity index is 1.59. The Morgan fingerprint density at radius 3 is 2.61 bits per heavy atom. The van der Waals surface area contributed by atoms with Gasteiger partial charge in [-0.15, -0.1) is 0 Å². The second-order valence-electron chi connectivity index (χ2n) is 6.02. The van der Waals surface area contributed by atoms with Gasteiger partial charge in [-0.05, 0) is 56.2 Å². The van der Waals surface area contributed by atoms with Crippen LogP contribution in [0.25, 0.3) is 0 Å². The first-order chi connectivity index (χ1) is 11.0. The molecule has 1 fully saturated rings. The van der Waals surface area contributed by atoms with Crippen LogP contribution in [0, 0.1) is 5.92 Å². The van der Waals surface area contributed by atoms with E-state index in [2.05, 4.69) is 10.6 Å². The summed E-state index contributed by atoms with van der Waals surface area (Å²) < 4.78 is 0. The average molecular weight is 339 g/mol. The molecule has 0 aromatic heterocycles. The highest BCUT2D eigenvalue weighted by molar-refractivity contribution is 6.30. The Labute approximate surface area is 141 Å². The van der Waals surface area contributed by atoms with Crippen LogP contribution in [0.3, 0.4) is 0 Å². The van der Waals surface area contributed by atoms with E-state index in [1.165, 1.54) is 0 Å². The van der Waals surface area contributed by atoms with Crippen molar-refractivity contribution in [1.82, 2.24) is 10.6 Å². The highest BCUT2D eigenvalue weighted by atomic mass is 35.5. The highest BCUT2D eigenvalue weighted by Gasteiger charge is 2.26. The molecule has 2 amide bonds. The molecule has 1 aliphatic carbocycles. The molecule has 0 heterocycles. The van der Waals surface area contributed by atoms with Crippen molar-refractivity contribution in [2.24, 2.45) is 5.92 Å². The molecule has 6 heteroatoms. The topological polar surface area (TPSA) is 78.4 Å². The number of amides is 2. The average Bonchev–Trinajstić information content (AvgIpc) is 2.52. The lowest BCUT2D eigenvalue weighted by Crippen LogP contribution is -2.44. The van der Waals surface area contributed by atoms with E-state index in [0.717, 1.165) is 36.3 Å². The molecule has 126 valence electrons. The maximum Gasteiger partial charge on any atom is 0.315 e. The SMILES string of the molecule is O=C(NCCCc1cccc(Cl)c1)NC1CCC(C(=O)O)CC1. The number of carbonyl (C=O) groups excluding carboxylic acids is 1. The van der Waals surface area contributed by atoms with E-state index in [4.69, 9.17) is 16.7 Å². The lowest BCUT2D eigenvalue weighted by molar-refractivity contribution is -0.142. The fourth-order valence-corrected chi connectivity index (χ4v) is 3.12. The van der Waals surface area contributed by atoms with Crippen molar-refractivity contribution < 1.29 is 14.7 Å². The Kier molecular flexibility index (Phi) is 6.71. The zero-order chi connectivity index (χ0) is 16.7. The first-order valence-electron chi connectivity index (χ1n) is 8.06. The summed E-state index contributed by atoms with van der Waals surface area (Å²) in [4.78, 5) is 22.7. The maximum atomic E-state index is 11.8. The number of halogens is 1. The first-order valence-corrected chi connectivity index (χ1v) is 8.44. The minimum absolute atomic E-state index is 0.0820. The summed E-state index contributed by atoms with van der Waals surface area (Å²) in [6.07, 6.45) is 4.44. The van der Waals surface area contributed by atoms with E-state index in [9.17, 15) is 9.59 Å². The number of carboxylic acid groups (broad SMARTS) is 1. The summed E-state index contributed by atoms with van der Waals surface area (Å²) in [5.74, 6) is -0.984. The fraction of sp³-hybridized carbons (Fsp3) is 0.529. The Hall–Kier alpha value is -1.75. The fourth-order valence-electron chi connectivity index (χ4n) is 2.91. The van der Waals surface area contributed by atoms with Crippen LogP contribution in [0.2, 0.25) is 5.02 Å². The molecule has 5 nitrogen and oxygen atoms in total. The van der Waals surface area contributed by atoms with Gasteiger partial charge < -0.3 is 15.7 Å². The van der Waals surface area contributed by atoms with E-state index in [-0.39, 0.29) is 18.0 Å². The monoisotopic (exact) mass is 338 g/mol. The molecule has 0 aliphatic heterocycles. The normalized spacial score (nSPS) is 20.7. The standard InChI is InChI=1S/C17H23ClN2O3/c18-14-5-1-3-12(11-14)4-2-10-19-17(23)20-15-8-6-13(7-9-15)16(21)22/h1,3,5,11,13,15H,2,4,6-10H2,(H,21,22)(H2,19,20,23). The first kappa shape index (κ1) is 17.6. The van der Waals surface area contributed by atoms with Crippen molar-refractivity contribution in [2.45, 2.75) is 44.6 Å². The van der Waals surface area contributed by atoms with Gasteiger partial charge in [-0.25, -0.2) is 4.79 Å². The van der Waals surface area contributed by atoms with Crippen LogP contribution in [0.4, 0.5) is 4.79 Å². The molecule has 1 aliphatic rings. The second kappa shape index (κ2) is 8.77. The maximum absolute atomic E-state index is 11.8. The number of hydrogen-bond acceptors (Lipinski definition) is 2. The number of urea groups is 1. The van der Waals surface area contributed by atoms with Gasteiger partial charge in [0.2, 0.25) is 0 Å². The van der Waals surface area contributed by atoms with Crippen molar-refractivity contribution >= 4 is 23.6 Å². The number of nitrogens with one attached hydrogen (secondary N) is 2. The minimum Gasteiger partial charge on any atom is -0.481 e. The lowest BCUT2D eigenvalue weighted by atomic mass is 9.86. The van der Waals surface area contributed by atoms with Crippen LogP contribution in [-0.2, 0) is 11.2 Å². The lowest BCUT2D eigenvalue weighted by Gasteiger charge is -2.26. The van der Waals surface area contributed by atoms with Crippen LogP contribution >= 0.6 is 11.6 Å². The number of carboxylic acids is 1. The number of hydrogen-bond donors (Lipinski definition) is 3. The van der Waals surface area contributed by atoms with Crippen LogP contribution < -0.4 is 10.6 Å². The Morgan fingerprint density at radius 1 is 1.22 bits per heavy atom. The molecule has 1 saturated carbocycles. The van der Waals surface area contributed by atoms with Crippen molar-refractivity contribution in [2.75, 3.05) is 6.54 Å². The molecule has 1 aromatic rings. The van der Waals surface area contributed by atoms with Crippen LogP contribution in [0.1, 0.15) is 37.7 Å². The molecular weight excluding hydrogens is 316 g/mol. The molecule has 1 aromatic carbocycles. The molecule has 0 spiro atoms. The Bertz CT molecular complexity index is 542. The molecule has 0 radical (unpaired) electrons. The van der Waals surface area contributed by atoms with Crippen LogP contribution in [0.15, 0.2) is 24.3 Å². The predicted molar refractivity (Wildman–Crippen MR) is 89.7 cm³/mol. The summed E-state index contributed by atoms with van der Waals surface area (Å²) in [5, 5.41) is 15.5. The van der Waals surface area contributed by atoms with Gasteiger partial charge in [-0.1, -0.05) is 23.7 Å². The molecule has 3 N–H and O–H groups in total. The number of benzene rings is 1. The molecular formula is C17H23ClN2O3. The molecule has 0 unspecified atom stereocenters. The largest absolute Gasteiger partial charge is 0.481 e. The van der Waals surface area contributed by atoms with Crippen molar-refractivity contribution in [3.8, 4) is 0 Å². The molecule has 0 atom stereocenters. The number of carbonyl (C=O) groups is 2. The van der Waals surface area contributed by atoms with Gasteiger partial charge in [0.1, 0.15) is 0 Å². The third kappa shape index (κ3) is 6.10. The number of aryl methyl sites for hydroxylation is 1. The smallest absolute Gasteiger partial charge is 0.315 e. The number of aliphatic carboxylic acids is 1. The second-order valence-corrected chi connectivity index (χ2v) is 6.46. The quantitative estimate of drug-likeness (QED) is 0.697. The van der Waals surface area contributed by atoms with Crippen molar-refractivity contribution in [3.63, 3.8) is 0 Å². The van der Waals surface area contributed by atoms with E-state index in [1.54, 1.807) is 0 Å². The summed E-state index contributed by atoms with van der Waals surface area (Å²) in [7, 11) is 0. The van der Waals surface area contributed by atoms with Gasteiger partial charge in [0, 0.05) is 17.6 Å². The minimum atomic E-state index is -0.728. The Morgan fingerprint density at radius 2 is 1.96 bits per heavy atom. The van der Waals surface area contributed by atoms with Crippen molar-refractivity contribution in [1.29, 1.82) is 0 Å². The molecule has 0 saturated heterocycles. The van der Waals surface area contributed by atoms with Crippen molar-refractivity contribution in [3.05, 3.63) is 34.9 Å².